The van der Waals surface area contributed by atoms with Crippen molar-refractivity contribution in [3.63, 3.8) is 0 Å². The molecule has 118 valence electrons. The topological polar surface area (TPSA) is 79.5 Å². The highest BCUT2D eigenvalue weighted by Crippen LogP contribution is 2.05. The summed E-state index contributed by atoms with van der Waals surface area (Å²) in [5.41, 5.74) is 0. The molecule has 0 bridgehead atoms. The van der Waals surface area contributed by atoms with Crippen LogP contribution in [0.25, 0.3) is 0 Å². The van der Waals surface area contributed by atoms with Gasteiger partial charge in [-0.05, 0) is 25.3 Å². The Balaban J connectivity index is 0.00000361. The van der Waals surface area contributed by atoms with Crippen molar-refractivity contribution in [2.45, 2.75) is 38.8 Å². The molecule has 3 N–H and O–H groups in total. The standard InChI is InChI=1S/C13H25N3O3.ClH/c1-9(2)12(16-11(17)8-19-3)13(18)15-10-5-4-6-14-7-10;/h9-10,12,14H,4-8H2,1-3H3,(H,15,18)(H,16,17);1H/t10-,12-;/m0./s1. The van der Waals surface area contributed by atoms with Gasteiger partial charge >= 0.3 is 0 Å². The Morgan fingerprint density at radius 3 is 2.60 bits per heavy atom. The molecule has 0 aromatic rings. The highest BCUT2D eigenvalue weighted by molar-refractivity contribution is 5.88. The van der Waals surface area contributed by atoms with Crippen molar-refractivity contribution in [1.82, 2.24) is 16.0 Å². The Morgan fingerprint density at radius 1 is 1.40 bits per heavy atom. The first-order valence-corrected chi connectivity index (χ1v) is 6.84. The maximum Gasteiger partial charge on any atom is 0.246 e. The molecule has 6 nitrogen and oxygen atoms in total. The third-order valence-electron chi connectivity index (χ3n) is 3.18. The van der Waals surface area contributed by atoms with Crippen molar-refractivity contribution in [3.05, 3.63) is 0 Å². The number of halogens is 1. The smallest absolute Gasteiger partial charge is 0.246 e. The highest BCUT2D eigenvalue weighted by atomic mass is 35.5. The van der Waals surface area contributed by atoms with E-state index in [0.717, 1.165) is 25.9 Å². The maximum atomic E-state index is 12.2. The van der Waals surface area contributed by atoms with Crippen molar-refractivity contribution >= 4 is 24.2 Å². The molecule has 0 saturated carbocycles. The summed E-state index contributed by atoms with van der Waals surface area (Å²) in [7, 11) is 1.46. The quantitative estimate of drug-likeness (QED) is 0.648. The molecule has 1 aliphatic rings. The second-order valence-corrected chi connectivity index (χ2v) is 5.27. The molecular weight excluding hydrogens is 282 g/mol. The number of rotatable bonds is 6. The minimum atomic E-state index is -0.510. The molecule has 20 heavy (non-hydrogen) atoms. The molecule has 0 aliphatic carbocycles. The average molecular weight is 308 g/mol. The summed E-state index contributed by atoms with van der Waals surface area (Å²) < 4.78 is 4.76. The second kappa shape index (κ2) is 9.96. The first kappa shape index (κ1) is 19.1. The SMILES string of the molecule is COCC(=O)N[C@H](C(=O)N[C@H]1CCCNC1)C(C)C.Cl. The van der Waals surface area contributed by atoms with E-state index in [0.29, 0.717) is 0 Å². The molecule has 2 amide bonds. The van der Waals surface area contributed by atoms with Crippen LogP contribution < -0.4 is 16.0 Å². The van der Waals surface area contributed by atoms with Gasteiger partial charge in [0.05, 0.1) is 0 Å². The first-order chi connectivity index (χ1) is 9.04. The summed E-state index contributed by atoms with van der Waals surface area (Å²) in [5, 5.41) is 8.95. The fraction of sp³-hybridized carbons (Fsp3) is 0.846. The lowest BCUT2D eigenvalue weighted by Gasteiger charge is -2.28. The number of hydrogen-bond acceptors (Lipinski definition) is 4. The average Bonchev–Trinajstić information content (AvgIpc) is 2.37. The van der Waals surface area contributed by atoms with Crippen LogP contribution >= 0.6 is 12.4 Å². The zero-order valence-corrected chi connectivity index (χ0v) is 13.2. The molecule has 0 radical (unpaired) electrons. The van der Waals surface area contributed by atoms with Gasteiger partial charge in [0.15, 0.2) is 0 Å². The number of methoxy groups -OCH3 is 1. The van der Waals surface area contributed by atoms with E-state index >= 15 is 0 Å². The van der Waals surface area contributed by atoms with E-state index in [1.165, 1.54) is 7.11 Å². The van der Waals surface area contributed by atoms with Crippen LogP contribution in [0, 0.1) is 5.92 Å². The molecule has 1 rings (SSSR count). The van der Waals surface area contributed by atoms with Crippen molar-refractivity contribution in [1.29, 1.82) is 0 Å². The van der Waals surface area contributed by atoms with Crippen LogP contribution in [0.3, 0.4) is 0 Å². The Labute approximate surface area is 126 Å². The van der Waals surface area contributed by atoms with Gasteiger partial charge < -0.3 is 20.7 Å². The fourth-order valence-corrected chi connectivity index (χ4v) is 2.15. The summed E-state index contributed by atoms with van der Waals surface area (Å²) in [6.45, 7) is 5.60. The van der Waals surface area contributed by atoms with Crippen molar-refractivity contribution in [2.24, 2.45) is 5.92 Å². The molecule has 1 aliphatic heterocycles. The van der Waals surface area contributed by atoms with Gasteiger partial charge in [0.2, 0.25) is 11.8 Å². The summed E-state index contributed by atoms with van der Waals surface area (Å²) in [6, 6.07) is -0.355. The monoisotopic (exact) mass is 307 g/mol. The molecule has 0 unspecified atom stereocenters. The lowest BCUT2D eigenvalue weighted by Crippen LogP contribution is -2.55. The summed E-state index contributed by atoms with van der Waals surface area (Å²) in [4.78, 5) is 23.7. The van der Waals surface area contributed by atoms with Gasteiger partial charge in [-0.1, -0.05) is 13.8 Å². The molecule has 1 saturated heterocycles. The number of carbonyl (C=O) groups is 2. The van der Waals surface area contributed by atoms with Crippen LogP contribution in [-0.4, -0.2) is 50.7 Å². The van der Waals surface area contributed by atoms with E-state index in [1.807, 2.05) is 13.8 Å². The number of piperidine rings is 1. The predicted molar refractivity (Wildman–Crippen MR) is 79.9 cm³/mol. The van der Waals surface area contributed by atoms with Crippen LogP contribution in [0.4, 0.5) is 0 Å². The number of carbonyl (C=O) groups excluding carboxylic acids is 2. The predicted octanol–water partition coefficient (Wildman–Crippen LogP) is 0.0636. The number of ether oxygens (including phenoxy) is 1. The fourth-order valence-electron chi connectivity index (χ4n) is 2.15. The van der Waals surface area contributed by atoms with E-state index in [4.69, 9.17) is 4.74 Å². The van der Waals surface area contributed by atoms with Gasteiger partial charge in [-0.2, -0.15) is 0 Å². The Hall–Kier alpha value is -0.850. The van der Waals surface area contributed by atoms with Crippen LogP contribution in [-0.2, 0) is 14.3 Å². The van der Waals surface area contributed by atoms with Crippen molar-refractivity contribution < 1.29 is 14.3 Å². The van der Waals surface area contributed by atoms with E-state index in [9.17, 15) is 9.59 Å². The summed E-state index contributed by atoms with van der Waals surface area (Å²) in [6.07, 6.45) is 2.04. The molecule has 1 fully saturated rings. The van der Waals surface area contributed by atoms with E-state index in [1.54, 1.807) is 0 Å². The molecule has 0 aromatic carbocycles. The molecule has 7 heteroatoms. The Kier molecular flexibility index (Phi) is 9.54. The third-order valence-corrected chi connectivity index (χ3v) is 3.18. The first-order valence-electron chi connectivity index (χ1n) is 6.84. The number of hydrogen-bond donors (Lipinski definition) is 3. The van der Waals surface area contributed by atoms with Crippen LogP contribution in [0.2, 0.25) is 0 Å². The largest absolute Gasteiger partial charge is 0.375 e. The molecular formula is C13H26ClN3O3. The Bertz CT molecular complexity index is 307. The van der Waals surface area contributed by atoms with Gasteiger partial charge in [-0.25, -0.2) is 0 Å². The Morgan fingerprint density at radius 2 is 2.10 bits per heavy atom. The van der Waals surface area contributed by atoms with Crippen LogP contribution in [0.5, 0.6) is 0 Å². The minimum Gasteiger partial charge on any atom is -0.375 e. The van der Waals surface area contributed by atoms with Gasteiger partial charge in [0, 0.05) is 19.7 Å². The molecule has 0 spiro atoms. The normalized spacial score (nSPS) is 19.9. The van der Waals surface area contributed by atoms with Gasteiger partial charge in [0.25, 0.3) is 0 Å². The zero-order chi connectivity index (χ0) is 14.3. The zero-order valence-electron chi connectivity index (χ0n) is 12.4. The summed E-state index contributed by atoms with van der Waals surface area (Å²) >= 11 is 0. The number of amides is 2. The van der Waals surface area contributed by atoms with Crippen molar-refractivity contribution in [2.75, 3.05) is 26.8 Å². The van der Waals surface area contributed by atoms with Crippen molar-refractivity contribution in [3.8, 4) is 0 Å². The van der Waals surface area contributed by atoms with Gasteiger partial charge in [-0.3, -0.25) is 9.59 Å². The van der Waals surface area contributed by atoms with Gasteiger partial charge in [-0.15, -0.1) is 12.4 Å². The van der Waals surface area contributed by atoms with E-state index in [-0.39, 0.29) is 42.8 Å². The number of nitrogens with one attached hydrogen (secondary N) is 3. The lowest BCUT2D eigenvalue weighted by atomic mass is 10.0. The molecule has 2 atom stereocenters. The minimum absolute atomic E-state index is 0. The van der Waals surface area contributed by atoms with Crippen LogP contribution in [0.15, 0.2) is 0 Å². The van der Waals surface area contributed by atoms with Gasteiger partial charge in [0.1, 0.15) is 12.6 Å². The van der Waals surface area contributed by atoms with Crippen LogP contribution in [0.1, 0.15) is 26.7 Å². The lowest BCUT2D eigenvalue weighted by molar-refractivity contribution is -0.132. The highest BCUT2D eigenvalue weighted by Gasteiger charge is 2.26. The van der Waals surface area contributed by atoms with E-state index in [2.05, 4.69) is 16.0 Å². The summed E-state index contributed by atoms with van der Waals surface area (Å²) in [5.74, 6) is -0.344. The maximum absolute atomic E-state index is 12.2. The third kappa shape index (κ3) is 6.54. The molecule has 0 aromatic heterocycles. The second-order valence-electron chi connectivity index (χ2n) is 5.27. The van der Waals surface area contributed by atoms with E-state index < -0.39 is 6.04 Å². The molecule has 1 heterocycles.